The molecular weight excluding hydrogens is 380 g/mol. The molecule has 0 aliphatic carbocycles. The molecule has 1 saturated heterocycles. The number of anilines is 2. The van der Waals surface area contributed by atoms with Gasteiger partial charge in [-0.3, -0.25) is 14.9 Å². The van der Waals surface area contributed by atoms with Gasteiger partial charge in [0.2, 0.25) is 5.95 Å². The Bertz CT molecular complexity index is 738. The predicted octanol–water partition coefficient (Wildman–Crippen LogP) is 1.01. The number of hydrogen-bond donors (Lipinski definition) is 2. The van der Waals surface area contributed by atoms with Crippen LogP contribution in [0.1, 0.15) is 19.5 Å². The van der Waals surface area contributed by atoms with Crippen LogP contribution >= 0.6 is 11.8 Å². The number of aliphatic hydroxyl groups excluding tert-OH is 1. The lowest BCUT2D eigenvalue weighted by molar-refractivity contribution is -0.115. The van der Waals surface area contributed by atoms with Gasteiger partial charge in [0.25, 0.3) is 11.1 Å². The van der Waals surface area contributed by atoms with Gasteiger partial charge in [0.1, 0.15) is 5.82 Å². The number of rotatable bonds is 10. The van der Waals surface area contributed by atoms with Crippen LogP contribution in [0.2, 0.25) is 0 Å². The molecule has 0 saturated carbocycles. The summed E-state index contributed by atoms with van der Waals surface area (Å²) in [7, 11) is 3.75. The maximum Gasteiger partial charge on any atom is 0.290 e. The number of nitrogens with one attached hydrogen (secondary N) is 1. The fraction of sp³-hybridized carbons (Fsp3) is 0.556. The van der Waals surface area contributed by atoms with Crippen LogP contribution in [0.3, 0.4) is 0 Å². The molecule has 2 N–H and O–H groups in total. The highest BCUT2D eigenvalue weighted by Gasteiger charge is 2.25. The number of aliphatic hydroxyl groups is 1. The van der Waals surface area contributed by atoms with E-state index in [1.807, 2.05) is 23.9 Å². The number of hydrogen-bond acceptors (Lipinski definition) is 9. The minimum Gasteiger partial charge on any atom is -0.395 e. The van der Waals surface area contributed by atoms with Crippen LogP contribution < -0.4 is 15.1 Å². The van der Waals surface area contributed by atoms with E-state index < -0.39 is 5.91 Å². The fourth-order valence-corrected chi connectivity index (χ4v) is 3.30. The SMILES string of the molecule is CCN(CC)CCN(C)c1nc(/C=C2\SC(=O)NC2=O)cc(N(C)CCO)n1. The van der Waals surface area contributed by atoms with Gasteiger partial charge in [-0.15, -0.1) is 0 Å². The molecule has 2 rings (SSSR count). The molecule has 0 radical (unpaired) electrons. The summed E-state index contributed by atoms with van der Waals surface area (Å²) < 4.78 is 0. The molecule has 1 aromatic rings. The number of likely N-dealkylation sites (N-methyl/N-ethyl adjacent to an activating group) is 3. The number of carbonyl (C=O) groups is 2. The summed E-state index contributed by atoms with van der Waals surface area (Å²) in [6.07, 6.45) is 1.59. The van der Waals surface area contributed by atoms with Crippen LogP contribution in [-0.2, 0) is 4.79 Å². The van der Waals surface area contributed by atoms with Gasteiger partial charge in [0.05, 0.1) is 17.2 Å². The Labute approximate surface area is 169 Å². The zero-order valence-electron chi connectivity index (χ0n) is 16.8. The van der Waals surface area contributed by atoms with Gasteiger partial charge in [-0.1, -0.05) is 13.8 Å². The summed E-state index contributed by atoms with van der Waals surface area (Å²) in [5.41, 5.74) is 0.534. The standard InChI is InChI=1S/C18H28N6O3S/c1-5-24(6-2)8-7-23(4)17-19-13(11-14-16(26)21-18(27)28-14)12-15(20-17)22(3)9-10-25/h11-12,25H,5-10H2,1-4H3,(H,21,26,27)/b14-11-. The van der Waals surface area contributed by atoms with E-state index in [-0.39, 0.29) is 11.8 Å². The highest BCUT2D eigenvalue weighted by Crippen LogP contribution is 2.26. The smallest absolute Gasteiger partial charge is 0.290 e. The molecule has 154 valence electrons. The number of amides is 2. The molecule has 0 spiro atoms. The molecule has 1 aliphatic heterocycles. The third-order valence-electron chi connectivity index (χ3n) is 4.46. The quantitative estimate of drug-likeness (QED) is 0.549. The first-order chi connectivity index (χ1) is 13.4. The van der Waals surface area contributed by atoms with Gasteiger partial charge in [0, 0.05) is 39.8 Å². The average molecular weight is 409 g/mol. The second kappa shape index (κ2) is 10.4. The first-order valence-electron chi connectivity index (χ1n) is 9.27. The van der Waals surface area contributed by atoms with Crippen molar-refractivity contribution >= 4 is 40.8 Å². The van der Waals surface area contributed by atoms with Crippen LogP contribution in [0.25, 0.3) is 6.08 Å². The largest absolute Gasteiger partial charge is 0.395 e. The minimum absolute atomic E-state index is 0.00316. The highest BCUT2D eigenvalue weighted by molar-refractivity contribution is 8.18. The lowest BCUT2D eigenvalue weighted by Gasteiger charge is -2.25. The monoisotopic (exact) mass is 408 g/mol. The maximum atomic E-state index is 11.8. The van der Waals surface area contributed by atoms with Crippen LogP contribution in [-0.4, -0.2) is 84.5 Å². The maximum absolute atomic E-state index is 11.8. The number of imide groups is 1. The van der Waals surface area contributed by atoms with Gasteiger partial charge in [-0.2, -0.15) is 4.98 Å². The molecule has 0 aromatic carbocycles. The fourth-order valence-electron chi connectivity index (χ4n) is 2.63. The molecule has 0 bridgehead atoms. The van der Waals surface area contributed by atoms with Gasteiger partial charge in [0.15, 0.2) is 0 Å². The van der Waals surface area contributed by atoms with Gasteiger partial charge in [-0.25, -0.2) is 4.98 Å². The second-order valence-electron chi connectivity index (χ2n) is 6.40. The first kappa shape index (κ1) is 22.1. The summed E-state index contributed by atoms with van der Waals surface area (Å²) in [5.74, 6) is 0.738. The molecule has 2 heterocycles. The highest BCUT2D eigenvalue weighted by atomic mass is 32.2. The van der Waals surface area contributed by atoms with Crippen molar-refractivity contribution in [3.8, 4) is 0 Å². The Morgan fingerprint density at radius 1 is 1.11 bits per heavy atom. The number of carbonyl (C=O) groups excluding carboxylic acids is 2. The van der Waals surface area contributed by atoms with E-state index in [2.05, 4.69) is 34.0 Å². The van der Waals surface area contributed by atoms with E-state index in [1.54, 1.807) is 12.1 Å². The zero-order chi connectivity index (χ0) is 20.7. The van der Waals surface area contributed by atoms with Crippen LogP contribution in [0.15, 0.2) is 11.0 Å². The van der Waals surface area contributed by atoms with E-state index in [1.165, 1.54) is 0 Å². The Morgan fingerprint density at radius 3 is 2.39 bits per heavy atom. The Morgan fingerprint density at radius 2 is 1.82 bits per heavy atom. The van der Waals surface area contributed by atoms with E-state index >= 15 is 0 Å². The lowest BCUT2D eigenvalue weighted by Crippen LogP contribution is -2.34. The average Bonchev–Trinajstić information content (AvgIpc) is 2.99. The third kappa shape index (κ3) is 5.91. The summed E-state index contributed by atoms with van der Waals surface area (Å²) in [6, 6.07) is 1.74. The molecule has 10 heteroatoms. The Kier molecular flexibility index (Phi) is 8.21. The van der Waals surface area contributed by atoms with Crippen molar-refractivity contribution in [2.75, 3.05) is 63.2 Å². The van der Waals surface area contributed by atoms with Crippen molar-refractivity contribution in [2.24, 2.45) is 0 Å². The van der Waals surface area contributed by atoms with E-state index in [9.17, 15) is 14.7 Å². The molecule has 28 heavy (non-hydrogen) atoms. The van der Waals surface area contributed by atoms with Crippen molar-refractivity contribution in [1.82, 2.24) is 20.2 Å². The molecule has 9 nitrogen and oxygen atoms in total. The summed E-state index contributed by atoms with van der Waals surface area (Å²) >= 11 is 0.855. The topological polar surface area (TPSA) is 102 Å². The van der Waals surface area contributed by atoms with E-state index in [0.29, 0.717) is 28.9 Å². The van der Waals surface area contributed by atoms with Gasteiger partial charge in [-0.05, 0) is 30.9 Å². The Hall–Kier alpha value is -2.17. The number of nitrogens with zero attached hydrogens (tertiary/aromatic N) is 5. The molecule has 1 aliphatic rings. The van der Waals surface area contributed by atoms with Crippen molar-refractivity contribution in [2.45, 2.75) is 13.8 Å². The normalized spacial score (nSPS) is 15.4. The molecule has 0 atom stereocenters. The van der Waals surface area contributed by atoms with Gasteiger partial charge < -0.3 is 19.8 Å². The summed E-state index contributed by atoms with van der Waals surface area (Å²) in [5, 5.41) is 11.1. The second-order valence-corrected chi connectivity index (χ2v) is 7.41. The van der Waals surface area contributed by atoms with Crippen molar-refractivity contribution in [3.05, 3.63) is 16.7 Å². The van der Waals surface area contributed by atoms with Crippen molar-refractivity contribution in [3.63, 3.8) is 0 Å². The predicted molar refractivity (Wildman–Crippen MR) is 113 cm³/mol. The zero-order valence-corrected chi connectivity index (χ0v) is 17.6. The third-order valence-corrected chi connectivity index (χ3v) is 5.27. The number of aromatic nitrogens is 2. The molecule has 1 aromatic heterocycles. The molecule has 1 fully saturated rings. The molecule has 0 unspecified atom stereocenters. The van der Waals surface area contributed by atoms with E-state index in [0.717, 1.165) is 37.9 Å². The molecule has 2 amide bonds. The van der Waals surface area contributed by atoms with Crippen LogP contribution in [0.5, 0.6) is 0 Å². The van der Waals surface area contributed by atoms with Crippen molar-refractivity contribution in [1.29, 1.82) is 0 Å². The first-order valence-corrected chi connectivity index (χ1v) is 10.1. The van der Waals surface area contributed by atoms with Crippen LogP contribution in [0, 0.1) is 0 Å². The minimum atomic E-state index is -0.421. The number of thioether (sulfide) groups is 1. The summed E-state index contributed by atoms with van der Waals surface area (Å²) in [6.45, 7) is 8.25. The van der Waals surface area contributed by atoms with Crippen LogP contribution in [0.4, 0.5) is 16.6 Å². The lowest BCUT2D eigenvalue weighted by atomic mass is 10.3. The van der Waals surface area contributed by atoms with Gasteiger partial charge >= 0.3 is 0 Å². The van der Waals surface area contributed by atoms with E-state index in [4.69, 9.17) is 0 Å². The molecular formula is C18H28N6O3S. The van der Waals surface area contributed by atoms with Crippen molar-refractivity contribution < 1.29 is 14.7 Å². The summed E-state index contributed by atoms with van der Waals surface area (Å²) in [4.78, 5) is 38.8. The Balaban J connectivity index is 2.30.